The van der Waals surface area contributed by atoms with Crippen LogP contribution in [0.2, 0.25) is 0 Å². The van der Waals surface area contributed by atoms with E-state index in [0.29, 0.717) is 16.8 Å². The van der Waals surface area contributed by atoms with E-state index in [9.17, 15) is 18.3 Å². The van der Waals surface area contributed by atoms with Crippen LogP contribution in [-0.2, 0) is 14.8 Å². The van der Waals surface area contributed by atoms with Crippen molar-refractivity contribution in [3.05, 3.63) is 42.6 Å². The number of carboxylic acid groups (broad SMARTS) is 1. The molecular weight excluding hydrogens is 332 g/mol. The smallest absolute Gasteiger partial charge is 0.328 e. The molecule has 0 saturated heterocycles. The fraction of sp³-hybridized carbons (Fsp3) is 0.267. The van der Waals surface area contributed by atoms with E-state index in [2.05, 4.69) is 16.9 Å². The van der Waals surface area contributed by atoms with E-state index in [1.54, 1.807) is 44.3 Å². The van der Waals surface area contributed by atoms with Gasteiger partial charge in [0.15, 0.2) is 6.04 Å². The summed E-state index contributed by atoms with van der Waals surface area (Å²) in [4.78, 5) is 11.2. The topological polar surface area (TPSA) is 128 Å². The highest BCUT2D eigenvalue weighted by atomic mass is 32.2. The Kier molecular flexibility index (Phi) is 4.86. The third-order valence-electron chi connectivity index (χ3n) is 3.53. The third kappa shape index (κ3) is 3.69. The molecule has 2 rings (SSSR count). The molecule has 1 aromatic carbocycles. The first kappa shape index (κ1) is 17.8. The zero-order chi connectivity index (χ0) is 18.1. The summed E-state index contributed by atoms with van der Waals surface area (Å²) in [5.74, 6) is -1.14. The number of hydrogen-bond acceptors (Lipinski definition) is 5. The summed E-state index contributed by atoms with van der Waals surface area (Å²) in [7, 11) is -3.85. The van der Waals surface area contributed by atoms with Gasteiger partial charge in [-0.1, -0.05) is 49.9 Å². The van der Waals surface area contributed by atoms with Crippen LogP contribution in [0.3, 0.4) is 0 Å². The Balaban J connectivity index is 2.31. The number of hydrogen-bond donors (Lipinski definition) is 2. The minimum atomic E-state index is -3.85. The van der Waals surface area contributed by atoms with Crippen LogP contribution in [0.5, 0.6) is 0 Å². The van der Waals surface area contributed by atoms with Gasteiger partial charge >= 0.3 is 5.97 Å². The van der Waals surface area contributed by atoms with Crippen LogP contribution in [0.15, 0.2) is 37.0 Å². The zero-order valence-corrected chi connectivity index (χ0v) is 14.1. The number of nitrogens with two attached hydrogens (primary N) is 1. The molecule has 0 unspecified atom stereocenters. The van der Waals surface area contributed by atoms with Crippen molar-refractivity contribution in [1.82, 2.24) is 15.0 Å². The summed E-state index contributed by atoms with van der Waals surface area (Å²) < 4.78 is 23.9. The van der Waals surface area contributed by atoms with Crippen LogP contribution in [0.25, 0.3) is 16.2 Å². The number of carboxylic acids is 1. The van der Waals surface area contributed by atoms with Crippen LogP contribution >= 0.6 is 0 Å². The SMILES string of the molecule is C=C(c1ccc(-c2cn([C@H](C(=O)O)C(C)C)nn2)cc1)S(N)(=O)=O. The summed E-state index contributed by atoms with van der Waals surface area (Å²) in [6, 6.07) is 5.58. The van der Waals surface area contributed by atoms with Crippen molar-refractivity contribution in [2.75, 3.05) is 0 Å². The predicted molar refractivity (Wildman–Crippen MR) is 89.1 cm³/mol. The van der Waals surface area contributed by atoms with Gasteiger partial charge in [-0.15, -0.1) is 5.10 Å². The number of rotatable bonds is 6. The van der Waals surface area contributed by atoms with E-state index >= 15 is 0 Å². The van der Waals surface area contributed by atoms with E-state index in [0.717, 1.165) is 0 Å². The normalized spacial score (nSPS) is 13.0. The predicted octanol–water partition coefficient (Wildman–Crippen LogP) is 1.49. The third-order valence-corrected chi connectivity index (χ3v) is 4.45. The highest BCUT2D eigenvalue weighted by molar-refractivity contribution is 7.98. The summed E-state index contributed by atoms with van der Waals surface area (Å²) >= 11 is 0. The molecule has 0 radical (unpaired) electrons. The number of nitrogens with zero attached hydrogens (tertiary/aromatic N) is 3. The summed E-state index contributed by atoms with van der Waals surface area (Å²) in [5, 5.41) is 22.2. The van der Waals surface area contributed by atoms with Crippen LogP contribution in [-0.4, -0.2) is 34.5 Å². The van der Waals surface area contributed by atoms with Gasteiger partial charge in [0.1, 0.15) is 5.69 Å². The zero-order valence-electron chi connectivity index (χ0n) is 13.2. The fourth-order valence-corrected chi connectivity index (χ4v) is 2.70. The molecule has 1 atom stereocenters. The van der Waals surface area contributed by atoms with Gasteiger partial charge in [-0.3, -0.25) is 0 Å². The molecule has 0 amide bonds. The van der Waals surface area contributed by atoms with Crippen LogP contribution in [0.1, 0.15) is 25.5 Å². The maximum atomic E-state index is 11.3. The maximum Gasteiger partial charge on any atom is 0.328 e. The molecule has 8 nitrogen and oxygen atoms in total. The van der Waals surface area contributed by atoms with Crippen molar-refractivity contribution in [3.63, 3.8) is 0 Å². The van der Waals surface area contributed by atoms with Crippen LogP contribution < -0.4 is 5.14 Å². The Bertz CT molecular complexity index is 869. The Morgan fingerprint density at radius 3 is 2.33 bits per heavy atom. The minimum Gasteiger partial charge on any atom is -0.480 e. The number of benzene rings is 1. The highest BCUT2D eigenvalue weighted by Crippen LogP contribution is 2.24. The van der Waals surface area contributed by atoms with Gasteiger partial charge in [-0.05, 0) is 11.5 Å². The lowest BCUT2D eigenvalue weighted by Gasteiger charge is -2.15. The Hall–Kier alpha value is -2.52. The molecule has 0 aliphatic carbocycles. The minimum absolute atomic E-state index is 0.155. The molecule has 0 spiro atoms. The molecule has 24 heavy (non-hydrogen) atoms. The molecular formula is C15H18N4O4S. The Labute approximate surface area is 139 Å². The van der Waals surface area contributed by atoms with E-state index < -0.39 is 22.0 Å². The summed E-state index contributed by atoms with van der Waals surface area (Å²) in [6.07, 6.45) is 1.54. The first-order valence-electron chi connectivity index (χ1n) is 7.08. The molecule has 0 fully saturated rings. The average Bonchev–Trinajstić information content (AvgIpc) is 2.94. The van der Waals surface area contributed by atoms with Gasteiger partial charge in [0.05, 0.1) is 11.1 Å². The lowest BCUT2D eigenvalue weighted by molar-refractivity contribution is -0.142. The first-order chi connectivity index (χ1) is 11.1. The number of carbonyl (C=O) groups is 1. The van der Waals surface area contributed by atoms with Crippen molar-refractivity contribution in [1.29, 1.82) is 0 Å². The van der Waals surface area contributed by atoms with E-state index in [1.807, 2.05) is 0 Å². The fourth-order valence-electron chi connectivity index (χ4n) is 2.24. The monoisotopic (exact) mass is 350 g/mol. The number of primary sulfonamides is 1. The van der Waals surface area contributed by atoms with Crippen molar-refractivity contribution in [2.45, 2.75) is 19.9 Å². The van der Waals surface area contributed by atoms with Gasteiger partial charge in [-0.25, -0.2) is 23.0 Å². The number of aliphatic carboxylic acids is 1. The molecule has 2 aromatic rings. The van der Waals surface area contributed by atoms with E-state index in [1.165, 1.54) is 4.68 Å². The van der Waals surface area contributed by atoms with Crippen molar-refractivity contribution < 1.29 is 18.3 Å². The van der Waals surface area contributed by atoms with Gasteiger partial charge in [0.2, 0.25) is 10.0 Å². The van der Waals surface area contributed by atoms with Gasteiger partial charge in [-0.2, -0.15) is 0 Å². The molecule has 9 heteroatoms. The second kappa shape index (κ2) is 6.54. The van der Waals surface area contributed by atoms with E-state index in [-0.39, 0.29) is 10.8 Å². The lowest BCUT2D eigenvalue weighted by Crippen LogP contribution is -2.24. The van der Waals surface area contributed by atoms with Crippen molar-refractivity contribution in [3.8, 4) is 11.3 Å². The second-order valence-electron chi connectivity index (χ2n) is 5.66. The Morgan fingerprint density at radius 2 is 1.88 bits per heavy atom. The standard InChI is InChI=1S/C15H18N4O4S/c1-9(2)14(15(20)21)19-8-13(17-18-19)12-6-4-11(5-7-12)10(3)24(16,22)23/h4-9,14H,3H2,1-2H3,(H,20,21)(H2,16,22,23)/t14-/m0/s1. The van der Waals surface area contributed by atoms with Gasteiger partial charge in [0, 0.05) is 5.56 Å². The first-order valence-corrected chi connectivity index (χ1v) is 8.63. The van der Waals surface area contributed by atoms with Crippen molar-refractivity contribution in [2.24, 2.45) is 11.1 Å². The molecule has 1 heterocycles. The quantitative estimate of drug-likeness (QED) is 0.812. The van der Waals surface area contributed by atoms with Crippen LogP contribution in [0, 0.1) is 5.92 Å². The molecule has 0 bridgehead atoms. The van der Waals surface area contributed by atoms with E-state index in [4.69, 9.17) is 5.14 Å². The molecule has 0 aliphatic heterocycles. The Morgan fingerprint density at radius 1 is 1.29 bits per heavy atom. The number of aromatic nitrogens is 3. The highest BCUT2D eigenvalue weighted by Gasteiger charge is 2.25. The van der Waals surface area contributed by atoms with Crippen LogP contribution in [0.4, 0.5) is 0 Å². The molecule has 3 N–H and O–H groups in total. The van der Waals surface area contributed by atoms with Gasteiger partial charge < -0.3 is 5.11 Å². The summed E-state index contributed by atoms with van der Waals surface area (Å²) in [5.41, 5.74) is 1.52. The molecule has 0 aliphatic rings. The van der Waals surface area contributed by atoms with Gasteiger partial charge in [0.25, 0.3) is 0 Å². The largest absolute Gasteiger partial charge is 0.480 e. The average molecular weight is 350 g/mol. The number of sulfonamides is 1. The molecule has 128 valence electrons. The van der Waals surface area contributed by atoms with Crippen molar-refractivity contribution >= 4 is 20.9 Å². The second-order valence-corrected chi connectivity index (χ2v) is 7.24. The summed E-state index contributed by atoms with van der Waals surface area (Å²) in [6.45, 7) is 7.03. The molecule has 1 aromatic heterocycles. The lowest BCUT2D eigenvalue weighted by atomic mass is 10.1. The maximum absolute atomic E-state index is 11.3. The molecule has 0 saturated carbocycles.